The fraction of sp³-hybridized carbons (Fsp3) is 0.593. The van der Waals surface area contributed by atoms with Gasteiger partial charge in [-0.05, 0) is 51.2 Å². The maximum atomic E-state index is 12.7. The molecule has 0 radical (unpaired) electrons. The zero-order chi connectivity index (χ0) is 24.7. The molecule has 5 rings (SSSR count). The molecular formula is C27H36N4O4. The zero-order valence-electron chi connectivity index (χ0n) is 21.3. The van der Waals surface area contributed by atoms with Gasteiger partial charge < -0.3 is 19.3 Å². The highest BCUT2D eigenvalue weighted by molar-refractivity contribution is 5.76. The van der Waals surface area contributed by atoms with Gasteiger partial charge in [-0.2, -0.15) is 5.10 Å². The van der Waals surface area contributed by atoms with Crippen LogP contribution >= 0.6 is 0 Å². The van der Waals surface area contributed by atoms with E-state index < -0.39 is 5.60 Å². The lowest BCUT2D eigenvalue weighted by molar-refractivity contribution is -0.129. The predicted molar refractivity (Wildman–Crippen MR) is 132 cm³/mol. The molecule has 0 unspecified atom stereocenters. The van der Waals surface area contributed by atoms with E-state index in [0.717, 1.165) is 62.3 Å². The van der Waals surface area contributed by atoms with E-state index in [0.29, 0.717) is 25.7 Å². The van der Waals surface area contributed by atoms with Crippen LogP contribution in [0.4, 0.5) is 4.79 Å². The third-order valence-corrected chi connectivity index (χ3v) is 7.24. The summed E-state index contributed by atoms with van der Waals surface area (Å²) in [6.07, 6.45) is 3.22. The largest absolute Gasteiger partial charge is 0.444 e. The number of benzene rings is 1. The second-order valence-electron chi connectivity index (χ2n) is 10.8. The molecule has 2 amide bonds. The molecule has 3 aliphatic rings. The van der Waals surface area contributed by atoms with E-state index in [-0.39, 0.29) is 12.0 Å². The van der Waals surface area contributed by atoms with E-state index in [9.17, 15) is 9.59 Å². The monoisotopic (exact) mass is 480 g/mol. The first-order chi connectivity index (χ1) is 16.7. The first kappa shape index (κ1) is 23.9. The number of aromatic nitrogens is 2. The Kier molecular flexibility index (Phi) is 6.34. The van der Waals surface area contributed by atoms with Crippen LogP contribution in [0.25, 0.3) is 11.3 Å². The number of rotatable bonds is 2. The van der Waals surface area contributed by atoms with Gasteiger partial charge in [0.05, 0.1) is 11.7 Å². The summed E-state index contributed by atoms with van der Waals surface area (Å²) in [4.78, 5) is 28.6. The molecule has 188 valence electrons. The van der Waals surface area contributed by atoms with Gasteiger partial charge >= 0.3 is 6.09 Å². The van der Waals surface area contributed by atoms with Crippen LogP contribution in [0.15, 0.2) is 18.2 Å². The van der Waals surface area contributed by atoms with Crippen LogP contribution in [0.2, 0.25) is 0 Å². The van der Waals surface area contributed by atoms with Crippen molar-refractivity contribution in [1.29, 1.82) is 0 Å². The molecule has 2 aromatic rings. The Morgan fingerprint density at radius 2 is 1.77 bits per heavy atom. The van der Waals surface area contributed by atoms with Gasteiger partial charge in [0, 0.05) is 69.6 Å². The topological polar surface area (TPSA) is 76.9 Å². The lowest BCUT2D eigenvalue weighted by atomic mass is 9.90. The molecular weight excluding hydrogens is 444 g/mol. The minimum atomic E-state index is -0.516. The van der Waals surface area contributed by atoms with Gasteiger partial charge in [-0.1, -0.05) is 18.2 Å². The first-order valence-corrected chi connectivity index (χ1v) is 12.7. The molecule has 0 N–H and O–H groups in total. The van der Waals surface area contributed by atoms with Crippen LogP contribution in [0.3, 0.4) is 0 Å². The summed E-state index contributed by atoms with van der Waals surface area (Å²) in [7, 11) is 0. The number of hydrogen-bond acceptors (Lipinski definition) is 5. The first-order valence-electron chi connectivity index (χ1n) is 12.7. The molecule has 8 nitrogen and oxygen atoms in total. The molecule has 0 aliphatic carbocycles. The Bertz CT molecular complexity index is 1130. The van der Waals surface area contributed by atoms with E-state index in [1.54, 1.807) is 11.8 Å². The fourth-order valence-electron chi connectivity index (χ4n) is 5.48. The zero-order valence-corrected chi connectivity index (χ0v) is 21.3. The summed E-state index contributed by atoms with van der Waals surface area (Å²) in [5.41, 5.74) is 6.39. The van der Waals surface area contributed by atoms with Crippen LogP contribution in [-0.2, 0) is 40.2 Å². The Hall–Kier alpha value is -2.87. The van der Waals surface area contributed by atoms with E-state index in [1.807, 2.05) is 25.7 Å². The van der Waals surface area contributed by atoms with Crippen molar-refractivity contribution in [3.63, 3.8) is 0 Å². The quantitative estimate of drug-likeness (QED) is 0.647. The minimum absolute atomic E-state index is 0.100. The van der Waals surface area contributed by atoms with E-state index >= 15 is 0 Å². The van der Waals surface area contributed by atoms with Gasteiger partial charge in [0.15, 0.2) is 0 Å². The van der Waals surface area contributed by atoms with Crippen LogP contribution < -0.4 is 0 Å². The lowest BCUT2D eigenvalue weighted by Gasteiger charge is -2.32. The second kappa shape index (κ2) is 9.30. The second-order valence-corrected chi connectivity index (χ2v) is 10.8. The molecule has 1 fully saturated rings. The standard InChI is InChI=1S/C27H36N4O4/c1-18(32)29-13-9-24-23(17-29)25(28-31(24)20-10-14-34-15-11-20)22-7-5-6-19-16-30(12-8-21(19)22)26(33)35-27(2,3)4/h5-7,20H,8-17H2,1-4H3. The molecule has 1 aromatic heterocycles. The summed E-state index contributed by atoms with van der Waals surface area (Å²) < 4.78 is 13.4. The minimum Gasteiger partial charge on any atom is -0.444 e. The third kappa shape index (κ3) is 4.81. The van der Waals surface area contributed by atoms with Crippen molar-refractivity contribution >= 4 is 12.0 Å². The maximum Gasteiger partial charge on any atom is 0.410 e. The summed E-state index contributed by atoms with van der Waals surface area (Å²) >= 11 is 0. The predicted octanol–water partition coefficient (Wildman–Crippen LogP) is 4.10. The van der Waals surface area contributed by atoms with Crippen molar-refractivity contribution in [3.8, 4) is 11.3 Å². The number of fused-ring (bicyclic) bond motifs is 2. The van der Waals surface area contributed by atoms with Crippen molar-refractivity contribution in [2.45, 2.75) is 78.1 Å². The molecule has 4 heterocycles. The average molecular weight is 481 g/mol. The van der Waals surface area contributed by atoms with Gasteiger partial charge in [-0.25, -0.2) is 4.79 Å². The highest BCUT2D eigenvalue weighted by Crippen LogP contribution is 2.37. The number of carbonyl (C=O) groups excluding carboxylic acids is 2. The van der Waals surface area contributed by atoms with Crippen molar-refractivity contribution in [2.75, 3.05) is 26.3 Å². The smallest absolute Gasteiger partial charge is 0.410 e. The van der Waals surface area contributed by atoms with Crippen LogP contribution in [0.5, 0.6) is 0 Å². The van der Waals surface area contributed by atoms with Crippen LogP contribution in [0, 0.1) is 0 Å². The van der Waals surface area contributed by atoms with Crippen molar-refractivity contribution in [2.24, 2.45) is 0 Å². The van der Waals surface area contributed by atoms with Crippen molar-refractivity contribution < 1.29 is 19.1 Å². The summed E-state index contributed by atoms with van der Waals surface area (Å²) in [6.45, 7) is 11.3. The molecule has 0 spiro atoms. The lowest BCUT2D eigenvalue weighted by Crippen LogP contribution is -2.40. The molecule has 1 saturated heterocycles. The Morgan fingerprint density at radius 1 is 1.03 bits per heavy atom. The number of amides is 2. The number of nitrogens with zero attached hydrogens (tertiary/aromatic N) is 4. The van der Waals surface area contributed by atoms with Crippen LogP contribution in [-0.4, -0.2) is 63.5 Å². The molecule has 0 saturated carbocycles. The van der Waals surface area contributed by atoms with Gasteiger partial charge in [-0.3, -0.25) is 9.48 Å². The molecule has 0 bridgehead atoms. The number of ether oxygens (including phenoxy) is 2. The molecule has 0 atom stereocenters. The van der Waals surface area contributed by atoms with E-state index in [1.165, 1.54) is 16.8 Å². The van der Waals surface area contributed by atoms with Gasteiger partial charge in [0.1, 0.15) is 5.60 Å². The van der Waals surface area contributed by atoms with Crippen LogP contribution in [0.1, 0.15) is 69.0 Å². The van der Waals surface area contributed by atoms with E-state index in [2.05, 4.69) is 22.9 Å². The SMILES string of the molecule is CC(=O)N1CCc2c(c(-c3cccc4c3CCN(C(=O)OC(C)(C)C)C4)nn2C2CCOCC2)C1. The van der Waals surface area contributed by atoms with Crippen molar-refractivity contribution in [3.05, 3.63) is 40.6 Å². The van der Waals surface area contributed by atoms with Gasteiger partial charge in [-0.15, -0.1) is 0 Å². The molecule has 8 heteroatoms. The highest BCUT2D eigenvalue weighted by Gasteiger charge is 2.32. The number of carbonyl (C=O) groups is 2. The number of hydrogen-bond donors (Lipinski definition) is 0. The molecule has 3 aliphatic heterocycles. The molecule has 1 aromatic carbocycles. The average Bonchev–Trinajstić information content (AvgIpc) is 3.21. The fourth-order valence-corrected chi connectivity index (χ4v) is 5.48. The summed E-state index contributed by atoms with van der Waals surface area (Å²) in [5.74, 6) is 0.100. The molecule has 35 heavy (non-hydrogen) atoms. The van der Waals surface area contributed by atoms with Gasteiger partial charge in [0.25, 0.3) is 0 Å². The summed E-state index contributed by atoms with van der Waals surface area (Å²) in [5, 5.41) is 5.21. The van der Waals surface area contributed by atoms with E-state index in [4.69, 9.17) is 14.6 Å². The summed E-state index contributed by atoms with van der Waals surface area (Å²) in [6, 6.07) is 6.63. The third-order valence-electron chi connectivity index (χ3n) is 7.24. The Labute approximate surface area is 207 Å². The normalized spacial score (nSPS) is 18.7. The maximum absolute atomic E-state index is 12.7. The Morgan fingerprint density at radius 3 is 2.49 bits per heavy atom. The van der Waals surface area contributed by atoms with Crippen molar-refractivity contribution in [1.82, 2.24) is 19.6 Å². The van der Waals surface area contributed by atoms with Gasteiger partial charge in [0.2, 0.25) is 5.91 Å². The highest BCUT2D eigenvalue weighted by atomic mass is 16.6. The Balaban J connectivity index is 1.51.